The molecule has 1 aliphatic heterocycles. The van der Waals surface area contributed by atoms with Gasteiger partial charge in [-0.05, 0) is 54.4 Å². The third-order valence-corrected chi connectivity index (χ3v) is 6.64. The molecule has 0 bridgehead atoms. The number of rotatable bonds is 11. The second-order valence-electron chi connectivity index (χ2n) is 10.1. The van der Waals surface area contributed by atoms with E-state index in [-0.39, 0.29) is 24.9 Å². The van der Waals surface area contributed by atoms with Crippen LogP contribution in [0.5, 0.6) is 17.2 Å². The fourth-order valence-corrected chi connectivity index (χ4v) is 4.67. The third kappa shape index (κ3) is 8.18. The normalized spacial score (nSPS) is 18.0. The SMILES string of the molecule is COc1cc(CN2CCN(C(C)=O)C[C@](O)(COc3ccc(F)cc3)C2)ccc1OCCCn1cc(C)cn1. The smallest absolute Gasteiger partial charge is 0.219 e. The quantitative estimate of drug-likeness (QED) is 0.374. The molecule has 0 aliphatic carbocycles. The van der Waals surface area contributed by atoms with Crippen LogP contribution < -0.4 is 14.2 Å². The van der Waals surface area contributed by atoms with Gasteiger partial charge in [-0.1, -0.05) is 6.07 Å². The van der Waals surface area contributed by atoms with E-state index >= 15 is 0 Å². The van der Waals surface area contributed by atoms with Crippen LogP contribution >= 0.6 is 0 Å². The Bertz CT molecular complexity index is 1230. The molecule has 1 N–H and O–H groups in total. The molecule has 39 heavy (non-hydrogen) atoms. The van der Waals surface area contributed by atoms with Gasteiger partial charge in [0.25, 0.3) is 0 Å². The summed E-state index contributed by atoms with van der Waals surface area (Å²) in [5, 5.41) is 15.8. The molecule has 210 valence electrons. The van der Waals surface area contributed by atoms with Gasteiger partial charge < -0.3 is 24.2 Å². The van der Waals surface area contributed by atoms with E-state index in [4.69, 9.17) is 14.2 Å². The Morgan fingerprint density at radius 1 is 1.10 bits per heavy atom. The summed E-state index contributed by atoms with van der Waals surface area (Å²) >= 11 is 0. The largest absolute Gasteiger partial charge is 0.493 e. The van der Waals surface area contributed by atoms with E-state index in [1.165, 1.54) is 31.2 Å². The molecule has 2 aromatic carbocycles. The zero-order chi connectivity index (χ0) is 27.8. The van der Waals surface area contributed by atoms with Gasteiger partial charge >= 0.3 is 0 Å². The van der Waals surface area contributed by atoms with Gasteiger partial charge in [-0.2, -0.15) is 5.10 Å². The number of amides is 1. The molecule has 1 fully saturated rings. The third-order valence-electron chi connectivity index (χ3n) is 6.64. The first-order chi connectivity index (χ1) is 18.7. The number of halogens is 1. The molecule has 0 spiro atoms. The van der Waals surface area contributed by atoms with Crippen molar-refractivity contribution >= 4 is 5.91 Å². The number of hydrogen-bond donors (Lipinski definition) is 1. The van der Waals surface area contributed by atoms with E-state index in [1.54, 1.807) is 12.0 Å². The lowest BCUT2D eigenvalue weighted by molar-refractivity contribution is -0.132. The maximum absolute atomic E-state index is 13.3. The molecule has 0 unspecified atom stereocenters. The molecule has 1 amide bonds. The summed E-state index contributed by atoms with van der Waals surface area (Å²) in [6.07, 6.45) is 4.65. The van der Waals surface area contributed by atoms with Gasteiger partial charge in [0.05, 0.1) is 26.5 Å². The van der Waals surface area contributed by atoms with E-state index < -0.39 is 5.60 Å². The van der Waals surface area contributed by atoms with Gasteiger partial charge in [0.15, 0.2) is 11.5 Å². The molecule has 3 aromatic rings. The number of aromatic nitrogens is 2. The van der Waals surface area contributed by atoms with Crippen molar-refractivity contribution in [3.05, 3.63) is 71.8 Å². The first-order valence-electron chi connectivity index (χ1n) is 13.1. The Labute approximate surface area is 228 Å². The van der Waals surface area contributed by atoms with Crippen LogP contribution in [0.15, 0.2) is 54.9 Å². The van der Waals surface area contributed by atoms with Crippen molar-refractivity contribution in [1.29, 1.82) is 0 Å². The van der Waals surface area contributed by atoms with Crippen molar-refractivity contribution in [2.24, 2.45) is 0 Å². The molecule has 1 aliphatic rings. The minimum absolute atomic E-state index is 0.0346. The highest BCUT2D eigenvalue weighted by atomic mass is 19.1. The van der Waals surface area contributed by atoms with Crippen molar-refractivity contribution in [2.45, 2.75) is 39.0 Å². The van der Waals surface area contributed by atoms with Crippen molar-refractivity contribution < 1.29 is 28.5 Å². The van der Waals surface area contributed by atoms with Gasteiger partial charge in [0.1, 0.15) is 23.8 Å². The average molecular weight is 541 g/mol. The molecule has 1 atom stereocenters. The highest BCUT2D eigenvalue weighted by Gasteiger charge is 2.37. The predicted molar refractivity (Wildman–Crippen MR) is 144 cm³/mol. The van der Waals surface area contributed by atoms with Gasteiger partial charge in [-0.15, -0.1) is 0 Å². The Kier molecular flexibility index (Phi) is 9.42. The fraction of sp³-hybridized carbons (Fsp3) is 0.448. The molecule has 10 heteroatoms. The summed E-state index contributed by atoms with van der Waals surface area (Å²) in [6, 6.07) is 11.5. The number of methoxy groups -OCH3 is 1. The monoisotopic (exact) mass is 540 g/mol. The summed E-state index contributed by atoms with van der Waals surface area (Å²) in [6.45, 7) is 6.84. The maximum Gasteiger partial charge on any atom is 0.219 e. The standard InChI is InChI=1S/C29H37FN4O5/c1-22-16-31-34(17-22)11-4-14-38-27-10-5-24(15-28(27)37-3)18-32-12-13-33(23(2)35)20-29(36,19-32)21-39-26-8-6-25(30)7-9-26/h5-10,15-17,36H,4,11-14,18-21H2,1-3H3/t29-/m0/s1. The summed E-state index contributed by atoms with van der Waals surface area (Å²) < 4.78 is 32.5. The van der Waals surface area contributed by atoms with Gasteiger partial charge in [-0.25, -0.2) is 4.39 Å². The number of aryl methyl sites for hydroxylation is 2. The Morgan fingerprint density at radius 2 is 1.90 bits per heavy atom. The van der Waals surface area contributed by atoms with Crippen LogP contribution in [-0.2, 0) is 17.9 Å². The maximum atomic E-state index is 13.3. The number of aliphatic hydroxyl groups is 1. The Hall–Kier alpha value is -3.63. The highest BCUT2D eigenvalue weighted by molar-refractivity contribution is 5.73. The Balaban J connectivity index is 1.38. The van der Waals surface area contributed by atoms with E-state index in [0.717, 1.165) is 24.1 Å². The van der Waals surface area contributed by atoms with E-state index in [0.29, 0.717) is 50.0 Å². The predicted octanol–water partition coefficient (Wildman–Crippen LogP) is 3.28. The lowest BCUT2D eigenvalue weighted by Gasteiger charge is -2.32. The van der Waals surface area contributed by atoms with Crippen LogP contribution in [0.4, 0.5) is 4.39 Å². The molecular formula is C29H37FN4O5. The molecule has 9 nitrogen and oxygen atoms in total. The van der Waals surface area contributed by atoms with Crippen molar-refractivity contribution in [2.75, 3.05) is 46.5 Å². The van der Waals surface area contributed by atoms with Gasteiger partial charge in [0.2, 0.25) is 5.91 Å². The zero-order valence-electron chi connectivity index (χ0n) is 22.8. The molecular weight excluding hydrogens is 503 g/mol. The van der Waals surface area contributed by atoms with Crippen LogP contribution in [-0.4, -0.2) is 82.7 Å². The second-order valence-corrected chi connectivity index (χ2v) is 10.1. The summed E-state index contributed by atoms with van der Waals surface area (Å²) in [7, 11) is 1.61. The average Bonchev–Trinajstić information content (AvgIpc) is 3.25. The summed E-state index contributed by atoms with van der Waals surface area (Å²) in [4.78, 5) is 15.9. The number of carbonyl (C=O) groups is 1. The lowest BCUT2D eigenvalue weighted by atomic mass is 10.0. The first kappa shape index (κ1) is 28.4. The Morgan fingerprint density at radius 3 is 2.59 bits per heavy atom. The van der Waals surface area contributed by atoms with Crippen molar-refractivity contribution in [1.82, 2.24) is 19.6 Å². The number of carbonyl (C=O) groups excluding carboxylic acids is 1. The molecule has 0 radical (unpaired) electrons. The van der Waals surface area contributed by atoms with Gasteiger partial charge in [0, 0.05) is 52.3 Å². The minimum atomic E-state index is -1.31. The van der Waals surface area contributed by atoms with E-state index in [2.05, 4.69) is 10.00 Å². The number of ether oxygens (including phenoxy) is 3. The number of β-amino-alcohol motifs (C(OH)–C–C–N with tert-alkyl or cyclic N) is 1. The molecule has 1 saturated heterocycles. The van der Waals surface area contributed by atoms with E-state index in [9.17, 15) is 14.3 Å². The fourth-order valence-electron chi connectivity index (χ4n) is 4.67. The first-order valence-corrected chi connectivity index (χ1v) is 13.1. The topological polar surface area (TPSA) is 89.3 Å². The van der Waals surface area contributed by atoms with Crippen LogP contribution in [0.3, 0.4) is 0 Å². The van der Waals surface area contributed by atoms with Crippen LogP contribution in [0, 0.1) is 12.7 Å². The lowest BCUT2D eigenvalue weighted by Crippen LogP contribution is -2.51. The summed E-state index contributed by atoms with van der Waals surface area (Å²) in [5.74, 6) is 1.29. The highest BCUT2D eigenvalue weighted by Crippen LogP contribution is 2.29. The minimum Gasteiger partial charge on any atom is -0.493 e. The molecule has 1 aromatic heterocycles. The van der Waals surface area contributed by atoms with Gasteiger partial charge in [-0.3, -0.25) is 14.4 Å². The molecule has 2 heterocycles. The zero-order valence-corrected chi connectivity index (χ0v) is 22.8. The molecule has 0 saturated carbocycles. The van der Waals surface area contributed by atoms with Crippen LogP contribution in [0.25, 0.3) is 0 Å². The number of hydrogen-bond acceptors (Lipinski definition) is 7. The van der Waals surface area contributed by atoms with Crippen molar-refractivity contribution in [3.63, 3.8) is 0 Å². The number of nitrogens with zero attached hydrogens (tertiary/aromatic N) is 4. The van der Waals surface area contributed by atoms with Crippen molar-refractivity contribution in [3.8, 4) is 17.2 Å². The molecule has 4 rings (SSSR count). The van der Waals surface area contributed by atoms with Crippen LogP contribution in [0.1, 0.15) is 24.5 Å². The van der Waals surface area contributed by atoms with E-state index in [1.807, 2.05) is 42.2 Å². The second kappa shape index (κ2) is 12.9. The summed E-state index contributed by atoms with van der Waals surface area (Å²) in [5.41, 5.74) is 0.811. The number of benzene rings is 2. The van der Waals surface area contributed by atoms with Crippen LogP contribution in [0.2, 0.25) is 0 Å².